The third kappa shape index (κ3) is 2.56. The SMILES string of the molecule is O=[N+]([O-])c1cc(-c2nnc3c4ccccc4c(N4CCCC4)nn23)ccc1Cl. The first kappa shape index (κ1) is 16.9. The summed E-state index contributed by atoms with van der Waals surface area (Å²) < 4.78 is 1.67. The lowest BCUT2D eigenvalue weighted by Gasteiger charge is -2.18. The van der Waals surface area contributed by atoms with E-state index in [2.05, 4.69) is 15.1 Å². The van der Waals surface area contributed by atoms with Crippen molar-refractivity contribution in [2.75, 3.05) is 18.0 Å². The van der Waals surface area contributed by atoms with E-state index in [0.717, 1.165) is 42.5 Å². The van der Waals surface area contributed by atoms with Gasteiger partial charge in [0.25, 0.3) is 5.69 Å². The predicted molar refractivity (Wildman–Crippen MR) is 107 cm³/mol. The Morgan fingerprint density at radius 2 is 1.79 bits per heavy atom. The zero-order valence-electron chi connectivity index (χ0n) is 14.7. The van der Waals surface area contributed by atoms with Gasteiger partial charge in [-0.25, -0.2) is 0 Å². The predicted octanol–water partition coefficient (Wildman–Crippen LogP) is 4.11. The van der Waals surface area contributed by atoms with Crippen molar-refractivity contribution in [3.05, 3.63) is 57.6 Å². The molecule has 0 radical (unpaired) electrons. The Kier molecular flexibility index (Phi) is 3.87. The molecule has 0 bridgehead atoms. The molecule has 9 heteroatoms. The lowest BCUT2D eigenvalue weighted by molar-refractivity contribution is -0.384. The van der Waals surface area contributed by atoms with E-state index in [1.54, 1.807) is 10.6 Å². The molecule has 3 heterocycles. The molecule has 0 N–H and O–H groups in total. The first-order valence-corrected chi connectivity index (χ1v) is 9.35. The molecular formula is C19H15ClN6O2. The molecule has 5 rings (SSSR count). The van der Waals surface area contributed by atoms with Crippen molar-refractivity contribution < 1.29 is 4.92 Å². The topological polar surface area (TPSA) is 89.5 Å². The molecule has 28 heavy (non-hydrogen) atoms. The summed E-state index contributed by atoms with van der Waals surface area (Å²) in [5.41, 5.74) is 0.987. The molecule has 1 aliphatic heterocycles. The maximum absolute atomic E-state index is 11.3. The lowest BCUT2D eigenvalue weighted by atomic mass is 10.1. The highest BCUT2D eigenvalue weighted by Gasteiger charge is 2.22. The standard InChI is InChI=1S/C19H15ClN6O2/c20-15-8-7-12(11-16(15)26(27)28)17-21-22-18-13-5-1-2-6-14(13)19(23-25(17)18)24-9-3-4-10-24/h1-2,5-8,11H,3-4,9-10H2. The quantitative estimate of drug-likeness (QED) is 0.383. The fourth-order valence-corrected chi connectivity index (χ4v) is 3.88. The van der Waals surface area contributed by atoms with Gasteiger partial charge in [0.1, 0.15) is 5.02 Å². The van der Waals surface area contributed by atoms with Crippen molar-refractivity contribution in [3.8, 4) is 11.4 Å². The summed E-state index contributed by atoms with van der Waals surface area (Å²) in [5, 5.41) is 26.8. The van der Waals surface area contributed by atoms with E-state index in [1.807, 2.05) is 24.3 Å². The molecule has 0 saturated carbocycles. The second-order valence-corrected chi connectivity index (χ2v) is 7.15. The van der Waals surface area contributed by atoms with E-state index < -0.39 is 4.92 Å². The van der Waals surface area contributed by atoms with Crippen LogP contribution < -0.4 is 4.90 Å². The molecule has 0 unspecified atom stereocenters. The highest BCUT2D eigenvalue weighted by molar-refractivity contribution is 6.32. The Labute approximate surface area is 164 Å². The molecule has 2 aromatic heterocycles. The van der Waals surface area contributed by atoms with Crippen LogP contribution in [0.25, 0.3) is 27.8 Å². The van der Waals surface area contributed by atoms with Gasteiger partial charge >= 0.3 is 0 Å². The van der Waals surface area contributed by atoms with Gasteiger partial charge in [0, 0.05) is 35.5 Å². The zero-order chi connectivity index (χ0) is 19.3. The number of hydrogen-bond acceptors (Lipinski definition) is 6. The van der Waals surface area contributed by atoms with Gasteiger partial charge < -0.3 is 4.90 Å². The van der Waals surface area contributed by atoms with Gasteiger partial charge in [0.05, 0.1) is 4.92 Å². The largest absolute Gasteiger partial charge is 0.355 e. The van der Waals surface area contributed by atoms with Crippen molar-refractivity contribution in [1.82, 2.24) is 19.8 Å². The lowest BCUT2D eigenvalue weighted by Crippen LogP contribution is -2.20. The van der Waals surface area contributed by atoms with Crippen LogP contribution in [0.3, 0.4) is 0 Å². The van der Waals surface area contributed by atoms with E-state index in [-0.39, 0.29) is 10.7 Å². The van der Waals surface area contributed by atoms with Crippen LogP contribution >= 0.6 is 11.6 Å². The third-order valence-corrected chi connectivity index (χ3v) is 5.37. The van der Waals surface area contributed by atoms with Crippen LogP contribution in [0.1, 0.15) is 12.8 Å². The highest BCUT2D eigenvalue weighted by atomic mass is 35.5. The Morgan fingerprint density at radius 1 is 1.04 bits per heavy atom. The number of benzene rings is 2. The Hall–Kier alpha value is -3.26. The number of hydrogen-bond donors (Lipinski definition) is 0. The number of fused-ring (bicyclic) bond motifs is 3. The van der Waals surface area contributed by atoms with E-state index in [9.17, 15) is 10.1 Å². The molecule has 1 saturated heterocycles. The van der Waals surface area contributed by atoms with Crippen molar-refractivity contribution in [2.45, 2.75) is 12.8 Å². The van der Waals surface area contributed by atoms with Gasteiger partial charge in [-0.05, 0) is 25.0 Å². The molecule has 0 amide bonds. The summed E-state index contributed by atoms with van der Waals surface area (Å²) >= 11 is 5.95. The number of aromatic nitrogens is 4. The van der Waals surface area contributed by atoms with Crippen molar-refractivity contribution >= 4 is 39.5 Å². The van der Waals surface area contributed by atoms with Crippen molar-refractivity contribution in [2.24, 2.45) is 0 Å². The first-order valence-electron chi connectivity index (χ1n) is 8.97. The molecule has 140 valence electrons. The maximum Gasteiger partial charge on any atom is 0.288 e. The van der Waals surface area contributed by atoms with E-state index in [0.29, 0.717) is 17.0 Å². The highest BCUT2D eigenvalue weighted by Crippen LogP contribution is 2.33. The molecular weight excluding hydrogens is 380 g/mol. The van der Waals surface area contributed by atoms with E-state index in [4.69, 9.17) is 16.7 Å². The third-order valence-electron chi connectivity index (χ3n) is 5.05. The minimum Gasteiger partial charge on any atom is -0.355 e. The van der Waals surface area contributed by atoms with E-state index in [1.165, 1.54) is 12.1 Å². The molecule has 0 spiro atoms. The second kappa shape index (κ2) is 6.42. The van der Waals surface area contributed by atoms with Crippen LogP contribution in [0.4, 0.5) is 11.5 Å². The van der Waals surface area contributed by atoms with Crippen molar-refractivity contribution in [1.29, 1.82) is 0 Å². The zero-order valence-corrected chi connectivity index (χ0v) is 15.5. The number of nitro benzene ring substituents is 1. The van der Waals surface area contributed by atoms with Gasteiger partial charge in [0.15, 0.2) is 17.3 Å². The smallest absolute Gasteiger partial charge is 0.288 e. The number of halogens is 1. The minimum atomic E-state index is -0.506. The molecule has 8 nitrogen and oxygen atoms in total. The Bertz CT molecular complexity index is 1230. The van der Waals surface area contributed by atoms with Crippen LogP contribution in [0.15, 0.2) is 42.5 Å². The van der Waals surface area contributed by atoms with Gasteiger partial charge in [-0.15, -0.1) is 15.3 Å². The van der Waals surface area contributed by atoms with Crippen LogP contribution in [0.5, 0.6) is 0 Å². The molecule has 2 aromatic carbocycles. The summed E-state index contributed by atoms with van der Waals surface area (Å²) in [7, 11) is 0. The van der Waals surface area contributed by atoms with Crippen LogP contribution in [-0.2, 0) is 0 Å². The summed E-state index contributed by atoms with van der Waals surface area (Å²) in [6, 6.07) is 12.6. The normalized spacial score (nSPS) is 14.2. The average molecular weight is 395 g/mol. The fourth-order valence-electron chi connectivity index (χ4n) is 3.70. The van der Waals surface area contributed by atoms with Crippen LogP contribution in [0, 0.1) is 10.1 Å². The Morgan fingerprint density at radius 3 is 2.54 bits per heavy atom. The van der Waals surface area contributed by atoms with Crippen LogP contribution in [-0.4, -0.2) is 37.8 Å². The fraction of sp³-hybridized carbons (Fsp3) is 0.211. The number of nitrogens with zero attached hydrogens (tertiary/aromatic N) is 6. The molecule has 4 aromatic rings. The summed E-state index contributed by atoms with van der Waals surface area (Å²) in [6.45, 7) is 1.90. The first-order chi connectivity index (χ1) is 13.6. The average Bonchev–Trinajstić information content (AvgIpc) is 3.37. The summed E-state index contributed by atoms with van der Waals surface area (Å²) in [5.74, 6) is 1.33. The van der Waals surface area contributed by atoms with E-state index >= 15 is 0 Å². The summed E-state index contributed by atoms with van der Waals surface area (Å²) in [6.07, 6.45) is 2.26. The molecule has 1 fully saturated rings. The van der Waals surface area contributed by atoms with Gasteiger partial charge in [-0.3, -0.25) is 10.1 Å². The maximum atomic E-state index is 11.3. The monoisotopic (exact) mass is 394 g/mol. The minimum absolute atomic E-state index is 0.0822. The number of nitro groups is 1. The number of anilines is 1. The van der Waals surface area contributed by atoms with Crippen LogP contribution in [0.2, 0.25) is 5.02 Å². The summed E-state index contributed by atoms with van der Waals surface area (Å²) in [4.78, 5) is 13.0. The van der Waals surface area contributed by atoms with Crippen molar-refractivity contribution in [3.63, 3.8) is 0 Å². The molecule has 0 atom stereocenters. The second-order valence-electron chi connectivity index (χ2n) is 6.75. The van der Waals surface area contributed by atoms with Gasteiger partial charge in [-0.2, -0.15) is 4.52 Å². The number of rotatable bonds is 3. The molecule has 1 aliphatic rings. The van der Waals surface area contributed by atoms with Gasteiger partial charge in [-0.1, -0.05) is 35.9 Å². The Balaban J connectivity index is 1.78. The van der Waals surface area contributed by atoms with Gasteiger partial charge in [0.2, 0.25) is 0 Å². The molecule has 0 aliphatic carbocycles.